The fraction of sp³-hybridized carbons (Fsp3) is 0.929. The molecule has 0 spiro atoms. The number of carbonyl (C=O) groups is 2. The Morgan fingerprint density at radius 2 is 1.28 bits per heavy atom. The van der Waals surface area contributed by atoms with E-state index in [1.165, 1.54) is 38.5 Å². The first-order valence-corrected chi connectivity index (χ1v) is 13.5. The maximum Gasteiger partial charge on any atom is 0.310 e. The molecule has 1 aliphatic rings. The second-order valence-electron chi connectivity index (χ2n) is 11.4. The summed E-state index contributed by atoms with van der Waals surface area (Å²) in [5, 5.41) is 0. The lowest BCUT2D eigenvalue weighted by atomic mass is 9.67. The van der Waals surface area contributed by atoms with Crippen molar-refractivity contribution in [3.8, 4) is 0 Å². The van der Waals surface area contributed by atoms with Crippen LogP contribution in [0, 0.1) is 29.1 Å². The van der Waals surface area contributed by atoms with E-state index >= 15 is 0 Å². The largest absolute Gasteiger partial charge is 0.466 e. The van der Waals surface area contributed by atoms with E-state index in [0.29, 0.717) is 19.1 Å². The number of rotatable bonds is 17. The van der Waals surface area contributed by atoms with Gasteiger partial charge < -0.3 is 9.47 Å². The molecular weight excluding hydrogens is 400 g/mol. The Morgan fingerprint density at radius 1 is 0.781 bits per heavy atom. The van der Waals surface area contributed by atoms with Crippen molar-refractivity contribution < 1.29 is 19.1 Å². The van der Waals surface area contributed by atoms with E-state index in [0.717, 1.165) is 50.4 Å². The molecule has 0 aliphatic heterocycles. The molecule has 0 heterocycles. The minimum Gasteiger partial charge on any atom is -0.466 e. The van der Waals surface area contributed by atoms with E-state index in [-0.39, 0.29) is 23.8 Å². The minimum absolute atomic E-state index is 0.141. The predicted octanol–water partition coefficient (Wildman–Crippen LogP) is 7.73. The van der Waals surface area contributed by atoms with Crippen LogP contribution in [0.15, 0.2) is 0 Å². The number of esters is 2. The van der Waals surface area contributed by atoms with Gasteiger partial charge in [0.2, 0.25) is 0 Å². The molecule has 0 N–H and O–H groups in total. The van der Waals surface area contributed by atoms with Crippen LogP contribution in [0.25, 0.3) is 0 Å². The molecule has 4 heteroatoms. The van der Waals surface area contributed by atoms with Crippen molar-refractivity contribution >= 4 is 11.9 Å². The van der Waals surface area contributed by atoms with Crippen LogP contribution in [0.1, 0.15) is 125 Å². The highest BCUT2D eigenvalue weighted by Crippen LogP contribution is 2.46. The summed E-state index contributed by atoms with van der Waals surface area (Å²) in [6, 6.07) is 0. The molecule has 0 bridgehead atoms. The average molecular weight is 453 g/mol. The van der Waals surface area contributed by atoms with Crippen LogP contribution < -0.4 is 0 Å². The molecule has 1 unspecified atom stereocenters. The van der Waals surface area contributed by atoms with Gasteiger partial charge in [-0.3, -0.25) is 9.59 Å². The van der Waals surface area contributed by atoms with Gasteiger partial charge in [-0.05, 0) is 48.9 Å². The molecule has 1 rings (SSSR count). The van der Waals surface area contributed by atoms with Gasteiger partial charge in [-0.25, -0.2) is 0 Å². The molecule has 0 aromatic rings. The van der Waals surface area contributed by atoms with Crippen LogP contribution in [-0.2, 0) is 19.1 Å². The monoisotopic (exact) mass is 452 g/mol. The lowest BCUT2D eigenvalue weighted by molar-refractivity contribution is -0.161. The maximum absolute atomic E-state index is 13.1. The van der Waals surface area contributed by atoms with Gasteiger partial charge in [0, 0.05) is 0 Å². The van der Waals surface area contributed by atoms with Crippen molar-refractivity contribution in [2.24, 2.45) is 29.1 Å². The zero-order valence-corrected chi connectivity index (χ0v) is 22.0. The Morgan fingerprint density at radius 3 is 1.78 bits per heavy atom. The van der Waals surface area contributed by atoms with E-state index in [1.807, 2.05) is 0 Å². The summed E-state index contributed by atoms with van der Waals surface area (Å²) in [4.78, 5) is 25.7. The van der Waals surface area contributed by atoms with Crippen LogP contribution in [0.4, 0.5) is 0 Å². The third kappa shape index (κ3) is 11.7. The van der Waals surface area contributed by atoms with Crippen LogP contribution in [0.2, 0.25) is 0 Å². The van der Waals surface area contributed by atoms with E-state index < -0.39 is 5.92 Å². The highest BCUT2D eigenvalue weighted by Gasteiger charge is 2.44. The number of unbranched alkanes of at least 4 members (excludes halogenated alkanes) is 4. The standard InChI is InChI=1S/C28H52O4/c1-22(2)15-9-7-13-19-31-26(29)21-25(28(5,6)24-17-11-12-18-24)27(30)32-20-14-8-10-16-23(3)4/h22-25H,7-21H2,1-6H3. The quantitative estimate of drug-likeness (QED) is 0.167. The zero-order chi connectivity index (χ0) is 24.0. The fourth-order valence-corrected chi connectivity index (χ4v) is 4.95. The SMILES string of the molecule is CC(C)CCCCCOC(=O)CC(C(=O)OCCCCCC(C)C)C(C)(C)C1CCCC1. The van der Waals surface area contributed by atoms with Crippen molar-refractivity contribution in [1.82, 2.24) is 0 Å². The Hall–Kier alpha value is -1.06. The topological polar surface area (TPSA) is 52.6 Å². The Labute approximate surface area is 198 Å². The Kier molecular flexibility index (Phi) is 14.2. The smallest absolute Gasteiger partial charge is 0.310 e. The van der Waals surface area contributed by atoms with Crippen molar-refractivity contribution in [2.75, 3.05) is 13.2 Å². The van der Waals surface area contributed by atoms with Gasteiger partial charge in [-0.15, -0.1) is 0 Å². The molecule has 0 aromatic carbocycles. The van der Waals surface area contributed by atoms with Gasteiger partial charge in [0.1, 0.15) is 0 Å². The number of hydrogen-bond acceptors (Lipinski definition) is 4. The van der Waals surface area contributed by atoms with Crippen LogP contribution in [0.3, 0.4) is 0 Å². The molecule has 0 aromatic heterocycles. The van der Waals surface area contributed by atoms with Gasteiger partial charge in [0.15, 0.2) is 0 Å². The van der Waals surface area contributed by atoms with Crippen molar-refractivity contribution in [3.05, 3.63) is 0 Å². The lowest BCUT2D eigenvalue weighted by Gasteiger charge is -2.37. The van der Waals surface area contributed by atoms with E-state index in [4.69, 9.17) is 9.47 Å². The zero-order valence-electron chi connectivity index (χ0n) is 22.0. The molecule has 0 saturated heterocycles. The molecule has 1 fully saturated rings. The highest BCUT2D eigenvalue weighted by atomic mass is 16.5. The predicted molar refractivity (Wildman–Crippen MR) is 132 cm³/mol. The summed E-state index contributed by atoms with van der Waals surface area (Å²) in [6.45, 7) is 14.2. The number of ether oxygens (including phenoxy) is 2. The molecule has 4 nitrogen and oxygen atoms in total. The molecule has 188 valence electrons. The van der Waals surface area contributed by atoms with Crippen molar-refractivity contribution in [2.45, 2.75) is 125 Å². The van der Waals surface area contributed by atoms with Gasteiger partial charge in [-0.2, -0.15) is 0 Å². The minimum atomic E-state index is -0.422. The first-order valence-electron chi connectivity index (χ1n) is 13.5. The Bertz CT molecular complexity index is 518. The summed E-state index contributed by atoms with van der Waals surface area (Å²) in [5.41, 5.74) is -0.249. The molecule has 1 atom stereocenters. The first-order chi connectivity index (χ1) is 15.1. The molecule has 1 aliphatic carbocycles. The number of hydrogen-bond donors (Lipinski definition) is 0. The third-order valence-corrected chi connectivity index (χ3v) is 7.32. The molecule has 1 saturated carbocycles. The highest BCUT2D eigenvalue weighted by molar-refractivity contribution is 5.80. The lowest BCUT2D eigenvalue weighted by Crippen LogP contribution is -2.39. The van der Waals surface area contributed by atoms with Crippen LogP contribution >= 0.6 is 0 Å². The second kappa shape index (κ2) is 15.7. The Balaban J connectivity index is 2.53. The van der Waals surface area contributed by atoms with Crippen molar-refractivity contribution in [1.29, 1.82) is 0 Å². The summed E-state index contributed by atoms with van der Waals surface area (Å²) in [6.07, 6.45) is 13.6. The van der Waals surface area contributed by atoms with E-state index in [1.54, 1.807) is 0 Å². The molecule has 0 amide bonds. The molecule has 32 heavy (non-hydrogen) atoms. The fourth-order valence-electron chi connectivity index (χ4n) is 4.95. The van der Waals surface area contributed by atoms with Gasteiger partial charge >= 0.3 is 11.9 Å². The van der Waals surface area contributed by atoms with Crippen LogP contribution in [-0.4, -0.2) is 25.2 Å². The molecule has 0 radical (unpaired) electrons. The van der Waals surface area contributed by atoms with Gasteiger partial charge in [-0.1, -0.05) is 92.9 Å². The summed E-state index contributed by atoms with van der Waals surface area (Å²) in [7, 11) is 0. The third-order valence-electron chi connectivity index (χ3n) is 7.32. The van der Waals surface area contributed by atoms with E-state index in [2.05, 4.69) is 41.5 Å². The average Bonchev–Trinajstić information content (AvgIpc) is 3.26. The van der Waals surface area contributed by atoms with Crippen molar-refractivity contribution in [3.63, 3.8) is 0 Å². The summed E-state index contributed by atoms with van der Waals surface area (Å²) in [5.74, 6) is 1.02. The number of carbonyl (C=O) groups excluding carboxylic acids is 2. The second-order valence-corrected chi connectivity index (χ2v) is 11.4. The van der Waals surface area contributed by atoms with Gasteiger partial charge in [0.05, 0.1) is 25.6 Å². The summed E-state index contributed by atoms with van der Waals surface area (Å²) >= 11 is 0. The summed E-state index contributed by atoms with van der Waals surface area (Å²) < 4.78 is 11.2. The maximum atomic E-state index is 13.1. The van der Waals surface area contributed by atoms with Crippen LogP contribution in [0.5, 0.6) is 0 Å². The molecular formula is C28H52O4. The van der Waals surface area contributed by atoms with Gasteiger partial charge in [0.25, 0.3) is 0 Å². The van der Waals surface area contributed by atoms with E-state index in [9.17, 15) is 9.59 Å². The normalized spacial score (nSPS) is 16.0. The first kappa shape index (κ1) is 29.0.